The lowest BCUT2D eigenvalue weighted by Gasteiger charge is -2.30. The number of likely N-dealkylation sites (tertiary alicyclic amines) is 1. The molecule has 1 aliphatic heterocycles. The summed E-state index contributed by atoms with van der Waals surface area (Å²) in [5, 5.41) is 10.7. The van der Waals surface area contributed by atoms with Crippen LogP contribution in [0.3, 0.4) is 0 Å². The van der Waals surface area contributed by atoms with E-state index in [4.69, 9.17) is 9.84 Å². The van der Waals surface area contributed by atoms with E-state index in [0.717, 1.165) is 0 Å². The summed E-state index contributed by atoms with van der Waals surface area (Å²) < 4.78 is 18.4. The Kier molecular flexibility index (Phi) is 6.35. The highest BCUT2D eigenvalue weighted by molar-refractivity contribution is 6.19. The van der Waals surface area contributed by atoms with Crippen molar-refractivity contribution in [2.75, 3.05) is 13.1 Å². The van der Waals surface area contributed by atoms with Crippen molar-refractivity contribution >= 4 is 23.6 Å². The standard InChI is InChI=1S/C20H18FN3O6/c21-13-2-4-14(5-3-13)30-16-6-1-12(9-22-16)11-24-8-7-15(25)18(20(24)29)19(28)23-10-17(26)27/h1-6,9,18H,7-8,10-11H2,(H,23,28)(H,26,27). The molecule has 2 amide bonds. The molecule has 10 heteroatoms. The van der Waals surface area contributed by atoms with Gasteiger partial charge in [0.1, 0.15) is 18.1 Å². The number of carbonyl (C=O) groups excluding carboxylic acids is 3. The van der Waals surface area contributed by atoms with Crippen LogP contribution in [0, 0.1) is 11.7 Å². The van der Waals surface area contributed by atoms with Gasteiger partial charge in [-0.25, -0.2) is 9.37 Å². The lowest BCUT2D eigenvalue weighted by atomic mass is 9.94. The maximum absolute atomic E-state index is 12.9. The van der Waals surface area contributed by atoms with Crippen LogP contribution in [-0.4, -0.2) is 51.6 Å². The number of ether oxygens (including phenoxy) is 1. The number of carboxylic acids is 1. The summed E-state index contributed by atoms with van der Waals surface area (Å²) in [6.45, 7) is -0.401. The summed E-state index contributed by atoms with van der Waals surface area (Å²) in [5.41, 5.74) is 0.647. The van der Waals surface area contributed by atoms with Crippen LogP contribution < -0.4 is 10.1 Å². The zero-order valence-corrected chi connectivity index (χ0v) is 15.7. The summed E-state index contributed by atoms with van der Waals surface area (Å²) >= 11 is 0. The fourth-order valence-electron chi connectivity index (χ4n) is 2.91. The number of piperidine rings is 1. The van der Waals surface area contributed by atoms with Crippen LogP contribution in [0.2, 0.25) is 0 Å². The Balaban J connectivity index is 1.62. The highest BCUT2D eigenvalue weighted by Crippen LogP contribution is 2.21. The zero-order chi connectivity index (χ0) is 21.7. The summed E-state index contributed by atoms with van der Waals surface area (Å²) in [4.78, 5) is 52.7. The van der Waals surface area contributed by atoms with E-state index in [-0.39, 0.29) is 31.2 Å². The molecule has 0 radical (unpaired) electrons. The quantitative estimate of drug-likeness (QED) is 0.649. The predicted molar refractivity (Wildman–Crippen MR) is 99.9 cm³/mol. The number of rotatable bonds is 7. The summed E-state index contributed by atoms with van der Waals surface area (Å²) in [7, 11) is 0. The van der Waals surface area contributed by atoms with Crippen LogP contribution >= 0.6 is 0 Å². The molecule has 0 bridgehead atoms. The van der Waals surface area contributed by atoms with Crippen LogP contribution in [0.1, 0.15) is 12.0 Å². The van der Waals surface area contributed by atoms with Gasteiger partial charge in [0.05, 0.1) is 0 Å². The largest absolute Gasteiger partial charge is 0.480 e. The Hall–Kier alpha value is -3.82. The average molecular weight is 415 g/mol. The monoisotopic (exact) mass is 415 g/mol. The predicted octanol–water partition coefficient (Wildman–Crippen LogP) is 1.13. The van der Waals surface area contributed by atoms with Gasteiger partial charge in [0.2, 0.25) is 17.7 Å². The number of pyridine rings is 1. The number of ketones is 1. The molecule has 3 rings (SSSR count). The van der Waals surface area contributed by atoms with Gasteiger partial charge in [-0.3, -0.25) is 19.2 Å². The summed E-state index contributed by atoms with van der Waals surface area (Å²) in [6.07, 6.45) is 1.48. The first-order chi connectivity index (χ1) is 14.3. The number of benzene rings is 1. The molecular weight excluding hydrogens is 397 g/mol. The number of hydrogen-bond acceptors (Lipinski definition) is 6. The second-order valence-electron chi connectivity index (χ2n) is 6.58. The number of hydrogen-bond donors (Lipinski definition) is 2. The minimum absolute atomic E-state index is 0.00388. The molecule has 2 aromatic rings. The molecule has 2 heterocycles. The number of carboxylic acid groups (broad SMARTS) is 1. The van der Waals surface area contributed by atoms with Crippen molar-refractivity contribution in [3.8, 4) is 11.6 Å². The molecule has 0 aliphatic carbocycles. The smallest absolute Gasteiger partial charge is 0.322 e. The van der Waals surface area contributed by atoms with Crippen molar-refractivity contribution in [3.05, 3.63) is 54.0 Å². The van der Waals surface area contributed by atoms with Crippen molar-refractivity contribution in [1.29, 1.82) is 0 Å². The molecule has 1 aromatic heterocycles. The Morgan fingerprint density at radius 2 is 1.93 bits per heavy atom. The fourth-order valence-corrected chi connectivity index (χ4v) is 2.91. The number of carbonyl (C=O) groups is 4. The fraction of sp³-hybridized carbons (Fsp3) is 0.250. The molecule has 0 spiro atoms. The molecule has 0 saturated carbocycles. The maximum atomic E-state index is 12.9. The van der Waals surface area contributed by atoms with E-state index in [9.17, 15) is 23.6 Å². The molecule has 1 fully saturated rings. The lowest BCUT2D eigenvalue weighted by Crippen LogP contribution is -2.52. The lowest BCUT2D eigenvalue weighted by molar-refractivity contribution is -0.152. The Morgan fingerprint density at radius 1 is 1.20 bits per heavy atom. The molecule has 30 heavy (non-hydrogen) atoms. The normalized spacial score (nSPS) is 16.3. The molecule has 1 aliphatic rings. The van der Waals surface area contributed by atoms with Gasteiger partial charge in [0.25, 0.3) is 0 Å². The van der Waals surface area contributed by atoms with Gasteiger partial charge in [-0.05, 0) is 29.8 Å². The summed E-state index contributed by atoms with van der Waals surface area (Å²) in [6, 6.07) is 8.70. The number of aromatic nitrogens is 1. The number of halogens is 1. The van der Waals surface area contributed by atoms with E-state index in [1.54, 1.807) is 12.1 Å². The van der Waals surface area contributed by atoms with Crippen LogP contribution in [-0.2, 0) is 25.7 Å². The number of amides is 2. The Labute approximate surface area is 170 Å². The van der Waals surface area contributed by atoms with Gasteiger partial charge in [0, 0.05) is 31.8 Å². The van der Waals surface area contributed by atoms with Crippen LogP contribution in [0.5, 0.6) is 11.6 Å². The van der Waals surface area contributed by atoms with Gasteiger partial charge in [-0.1, -0.05) is 6.07 Å². The van der Waals surface area contributed by atoms with Gasteiger partial charge in [-0.15, -0.1) is 0 Å². The third kappa shape index (κ3) is 5.16. The molecular formula is C20H18FN3O6. The first-order valence-electron chi connectivity index (χ1n) is 9.03. The number of nitrogens with zero attached hydrogens (tertiary/aromatic N) is 2. The highest BCUT2D eigenvalue weighted by Gasteiger charge is 2.40. The molecule has 1 aromatic carbocycles. The first-order valence-corrected chi connectivity index (χ1v) is 9.03. The summed E-state index contributed by atoms with van der Waals surface area (Å²) in [5.74, 6) is -4.66. The third-order valence-corrected chi connectivity index (χ3v) is 4.39. The van der Waals surface area contributed by atoms with E-state index >= 15 is 0 Å². The van der Waals surface area contributed by atoms with Crippen molar-refractivity contribution < 1.29 is 33.4 Å². The maximum Gasteiger partial charge on any atom is 0.322 e. The Morgan fingerprint density at radius 3 is 2.57 bits per heavy atom. The van der Waals surface area contributed by atoms with Crippen molar-refractivity contribution in [3.63, 3.8) is 0 Å². The third-order valence-electron chi connectivity index (χ3n) is 4.39. The Bertz CT molecular complexity index is 962. The second-order valence-corrected chi connectivity index (χ2v) is 6.58. The molecule has 9 nitrogen and oxygen atoms in total. The molecule has 1 atom stereocenters. The van der Waals surface area contributed by atoms with E-state index in [1.807, 2.05) is 0 Å². The van der Waals surface area contributed by atoms with Crippen molar-refractivity contribution in [2.24, 2.45) is 5.92 Å². The number of aliphatic carboxylic acids is 1. The molecule has 1 unspecified atom stereocenters. The van der Waals surface area contributed by atoms with Crippen LogP contribution in [0.15, 0.2) is 42.6 Å². The topological polar surface area (TPSA) is 126 Å². The molecule has 156 valence electrons. The average Bonchev–Trinajstić information content (AvgIpc) is 2.72. The molecule has 1 saturated heterocycles. The second kappa shape index (κ2) is 9.12. The van der Waals surface area contributed by atoms with E-state index < -0.39 is 36.0 Å². The van der Waals surface area contributed by atoms with Crippen LogP contribution in [0.25, 0.3) is 0 Å². The number of nitrogens with one attached hydrogen (secondary N) is 1. The molecule has 2 N–H and O–H groups in total. The van der Waals surface area contributed by atoms with Crippen molar-refractivity contribution in [1.82, 2.24) is 15.2 Å². The zero-order valence-electron chi connectivity index (χ0n) is 15.7. The van der Waals surface area contributed by atoms with Gasteiger partial charge in [-0.2, -0.15) is 0 Å². The van der Waals surface area contributed by atoms with E-state index in [1.165, 1.54) is 35.4 Å². The minimum Gasteiger partial charge on any atom is -0.480 e. The van der Waals surface area contributed by atoms with E-state index in [2.05, 4.69) is 10.3 Å². The highest BCUT2D eigenvalue weighted by atomic mass is 19.1. The SMILES string of the molecule is O=C(O)CNC(=O)C1C(=O)CCN(Cc2ccc(Oc3ccc(F)cc3)nc2)C1=O. The number of Topliss-reactive ketones (excluding diaryl/α,β-unsaturated/α-hetero) is 1. The van der Waals surface area contributed by atoms with Crippen molar-refractivity contribution in [2.45, 2.75) is 13.0 Å². The minimum atomic E-state index is -1.55. The van der Waals surface area contributed by atoms with Gasteiger partial charge in [0.15, 0.2) is 11.7 Å². The van der Waals surface area contributed by atoms with Gasteiger partial charge >= 0.3 is 5.97 Å². The van der Waals surface area contributed by atoms with Crippen LogP contribution in [0.4, 0.5) is 4.39 Å². The van der Waals surface area contributed by atoms with E-state index in [0.29, 0.717) is 11.3 Å². The van der Waals surface area contributed by atoms with Gasteiger partial charge < -0.3 is 20.1 Å². The first kappa shape index (κ1) is 20.9.